The molecule has 6 heteroatoms. The number of amides is 1. The van der Waals surface area contributed by atoms with Gasteiger partial charge in [0.1, 0.15) is 6.17 Å². The summed E-state index contributed by atoms with van der Waals surface area (Å²) in [7, 11) is 1.59. The lowest BCUT2D eigenvalue weighted by molar-refractivity contribution is 0.0974. The molecule has 0 saturated heterocycles. The molecule has 1 amide bonds. The average molecular weight is 374 g/mol. The maximum atomic E-state index is 13.4. The first kappa shape index (κ1) is 16.5. The van der Waals surface area contributed by atoms with E-state index in [0.29, 0.717) is 22.8 Å². The Hall–Kier alpha value is -3.67. The average Bonchev–Trinajstić information content (AvgIpc) is 3.22. The third-order valence-electron chi connectivity index (χ3n) is 4.96. The Balaban J connectivity index is 1.67. The summed E-state index contributed by atoms with van der Waals surface area (Å²) in [6, 6.07) is 20.9. The van der Waals surface area contributed by atoms with Crippen molar-refractivity contribution in [1.29, 1.82) is 0 Å². The number of methoxy groups -OCH3 is 1. The number of hydrogen-bond acceptors (Lipinski definition) is 5. The van der Waals surface area contributed by atoms with E-state index in [0.717, 1.165) is 16.9 Å². The third-order valence-corrected chi connectivity index (χ3v) is 4.96. The molecule has 5 rings (SSSR count). The molecule has 1 atom stereocenters. The SMILES string of the molecule is COc1cc([C@@H]2Nc3ccccc3C(=O)N2c2ccccc2)cc2c1OCO2. The van der Waals surface area contributed by atoms with Crippen LogP contribution in [0, 0.1) is 0 Å². The van der Waals surface area contributed by atoms with Crippen molar-refractivity contribution >= 4 is 17.3 Å². The standard InChI is InChI=1S/C22H18N2O4/c1-26-18-11-14(12-19-20(18)28-13-27-19)21-23-17-10-6-5-9-16(17)22(25)24(21)15-7-3-2-4-8-15/h2-12,21,23H,13H2,1H3/t21-/m1/s1. The van der Waals surface area contributed by atoms with Crippen molar-refractivity contribution in [1.82, 2.24) is 0 Å². The third kappa shape index (κ3) is 2.53. The molecule has 0 saturated carbocycles. The topological polar surface area (TPSA) is 60.0 Å². The molecule has 1 N–H and O–H groups in total. The van der Waals surface area contributed by atoms with Crippen LogP contribution in [0.3, 0.4) is 0 Å². The zero-order chi connectivity index (χ0) is 19.1. The number of nitrogens with one attached hydrogen (secondary N) is 1. The summed E-state index contributed by atoms with van der Waals surface area (Å²) < 4.78 is 16.6. The zero-order valence-electron chi connectivity index (χ0n) is 15.2. The minimum absolute atomic E-state index is 0.0674. The molecule has 0 aliphatic carbocycles. The maximum absolute atomic E-state index is 13.4. The summed E-state index contributed by atoms with van der Waals surface area (Å²) >= 11 is 0. The molecule has 2 heterocycles. The molecule has 6 nitrogen and oxygen atoms in total. The Morgan fingerprint density at radius 2 is 1.82 bits per heavy atom. The van der Waals surface area contributed by atoms with Crippen molar-refractivity contribution in [2.24, 2.45) is 0 Å². The lowest BCUT2D eigenvalue weighted by atomic mass is 10.0. The molecule has 140 valence electrons. The molecule has 2 aliphatic rings. The van der Waals surface area contributed by atoms with Crippen LogP contribution in [0.5, 0.6) is 17.2 Å². The first-order chi connectivity index (χ1) is 13.8. The summed E-state index contributed by atoms with van der Waals surface area (Å²) in [6.07, 6.45) is -0.423. The fourth-order valence-electron chi connectivity index (χ4n) is 3.65. The molecule has 3 aromatic rings. The van der Waals surface area contributed by atoms with Crippen molar-refractivity contribution in [3.63, 3.8) is 0 Å². The minimum atomic E-state index is -0.423. The van der Waals surface area contributed by atoms with Gasteiger partial charge in [0, 0.05) is 16.9 Å². The van der Waals surface area contributed by atoms with Crippen molar-refractivity contribution in [2.75, 3.05) is 24.1 Å². The van der Waals surface area contributed by atoms with Gasteiger partial charge in [-0.05, 0) is 36.4 Å². The van der Waals surface area contributed by atoms with Crippen molar-refractivity contribution in [3.8, 4) is 17.2 Å². The van der Waals surface area contributed by atoms with Crippen LogP contribution >= 0.6 is 0 Å². The Morgan fingerprint density at radius 3 is 2.64 bits per heavy atom. The number of ether oxygens (including phenoxy) is 3. The lowest BCUT2D eigenvalue weighted by Crippen LogP contribution is -2.43. The fraction of sp³-hybridized carbons (Fsp3) is 0.136. The molecule has 0 radical (unpaired) electrons. The van der Waals surface area contributed by atoms with Crippen LogP contribution in [0.25, 0.3) is 0 Å². The summed E-state index contributed by atoms with van der Waals surface area (Å²) in [5, 5.41) is 3.49. The molecule has 0 bridgehead atoms. The molecule has 28 heavy (non-hydrogen) atoms. The van der Waals surface area contributed by atoms with Crippen LogP contribution in [0.15, 0.2) is 66.7 Å². The number of fused-ring (bicyclic) bond motifs is 2. The molecule has 3 aromatic carbocycles. The Morgan fingerprint density at radius 1 is 1.04 bits per heavy atom. The number of carbonyl (C=O) groups excluding carboxylic acids is 1. The van der Waals surface area contributed by atoms with E-state index in [1.165, 1.54) is 0 Å². The number of hydrogen-bond donors (Lipinski definition) is 1. The molecule has 0 unspecified atom stereocenters. The van der Waals surface area contributed by atoms with Crippen molar-refractivity contribution < 1.29 is 19.0 Å². The van der Waals surface area contributed by atoms with Gasteiger partial charge in [0.2, 0.25) is 12.5 Å². The lowest BCUT2D eigenvalue weighted by Gasteiger charge is -2.38. The van der Waals surface area contributed by atoms with Crippen molar-refractivity contribution in [2.45, 2.75) is 6.17 Å². The Labute approximate surface area is 162 Å². The van der Waals surface area contributed by atoms with Crippen molar-refractivity contribution in [3.05, 3.63) is 77.9 Å². The van der Waals surface area contributed by atoms with E-state index < -0.39 is 6.17 Å². The highest BCUT2D eigenvalue weighted by Crippen LogP contribution is 2.45. The van der Waals surface area contributed by atoms with E-state index in [-0.39, 0.29) is 12.7 Å². The highest BCUT2D eigenvalue weighted by molar-refractivity contribution is 6.12. The predicted molar refractivity (Wildman–Crippen MR) is 105 cm³/mol. The van der Waals surface area contributed by atoms with Gasteiger partial charge in [-0.15, -0.1) is 0 Å². The highest BCUT2D eigenvalue weighted by Gasteiger charge is 2.35. The molecule has 2 aliphatic heterocycles. The van der Waals surface area contributed by atoms with E-state index in [2.05, 4.69) is 5.32 Å². The van der Waals surface area contributed by atoms with Gasteiger partial charge in [-0.1, -0.05) is 30.3 Å². The first-order valence-electron chi connectivity index (χ1n) is 8.98. The van der Waals surface area contributed by atoms with Crippen LogP contribution in [0.2, 0.25) is 0 Å². The number of rotatable bonds is 3. The Bertz CT molecular complexity index is 1050. The zero-order valence-corrected chi connectivity index (χ0v) is 15.2. The summed E-state index contributed by atoms with van der Waals surface area (Å²) in [5.41, 5.74) is 3.07. The quantitative estimate of drug-likeness (QED) is 0.745. The molecule has 0 fully saturated rings. The number of nitrogens with zero attached hydrogens (tertiary/aromatic N) is 1. The normalized spacial score (nSPS) is 17.1. The Kier molecular flexibility index (Phi) is 3.83. The molecular weight excluding hydrogens is 356 g/mol. The second-order valence-electron chi connectivity index (χ2n) is 6.56. The van der Waals surface area contributed by atoms with Gasteiger partial charge >= 0.3 is 0 Å². The second-order valence-corrected chi connectivity index (χ2v) is 6.56. The van der Waals surface area contributed by atoms with E-state index in [1.807, 2.05) is 66.7 Å². The smallest absolute Gasteiger partial charge is 0.262 e. The minimum Gasteiger partial charge on any atom is -0.493 e. The van der Waals surface area contributed by atoms with Crippen LogP contribution < -0.4 is 24.4 Å². The van der Waals surface area contributed by atoms with E-state index in [9.17, 15) is 4.79 Å². The summed E-state index contributed by atoms with van der Waals surface area (Å²) in [4.78, 5) is 15.1. The van der Waals surface area contributed by atoms with Crippen LogP contribution in [-0.4, -0.2) is 19.8 Å². The summed E-state index contributed by atoms with van der Waals surface area (Å²) in [6.45, 7) is 0.150. The number of carbonyl (C=O) groups is 1. The van der Waals surface area contributed by atoms with Gasteiger partial charge in [0.25, 0.3) is 5.91 Å². The highest BCUT2D eigenvalue weighted by atomic mass is 16.7. The van der Waals surface area contributed by atoms with E-state index in [4.69, 9.17) is 14.2 Å². The largest absolute Gasteiger partial charge is 0.493 e. The van der Waals surface area contributed by atoms with Gasteiger partial charge in [-0.25, -0.2) is 0 Å². The van der Waals surface area contributed by atoms with Crippen LogP contribution in [0.1, 0.15) is 22.1 Å². The van der Waals surface area contributed by atoms with Gasteiger partial charge < -0.3 is 19.5 Å². The fourth-order valence-corrected chi connectivity index (χ4v) is 3.65. The number of benzene rings is 3. The molecular formula is C22H18N2O4. The summed E-state index contributed by atoms with van der Waals surface area (Å²) in [5.74, 6) is 1.70. The van der Waals surface area contributed by atoms with Gasteiger partial charge in [0.15, 0.2) is 11.5 Å². The van der Waals surface area contributed by atoms with Gasteiger partial charge in [-0.2, -0.15) is 0 Å². The van der Waals surface area contributed by atoms with Gasteiger partial charge in [0.05, 0.1) is 12.7 Å². The second kappa shape index (κ2) is 6.49. The maximum Gasteiger partial charge on any atom is 0.262 e. The van der Waals surface area contributed by atoms with Gasteiger partial charge in [-0.3, -0.25) is 9.69 Å². The van der Waals surface area contributed by atoms with E-state index >= 15 is 0 Å². The van der Waals surface area contributed by atoms with Crippen LogP contribution in [-0.2, 0) is 0 Å². The monoisotopic (exact) mass is 374 g/mol. The van der Waals surface area contributed by atoms with E-state index in [1.54, 1.807) is 12.0 Å². The molecule has 0 aromatic heterocycles. The number of anilines is 2. The molecule has 0 spiro atoms. The number of para-hydroxylation sites is 2. The van der Waals surface area contributed by atoms with Crippen LogP contribution in [0.4, 0.5) is 11.4 Å². The predicted octanol–water partition coefficient (Wildman–Crippen LogP) is 4.20. The first-order valence-corrected chi connectivity index (χ1v) is 8.98.